The van der Waals surface area contributed by atoms with Crippen molar-refractivity contribution >= 4 is 6.03 Å². The molecule has 1 saturated heterocycles. The van der Waals surface area contributed by atoms with Gasteiger partial charge in [0.2, 0.25) is 0 Å². The minimum absolute atomic E-state index is 0.0458. The summed E-state index contributed by atoms with van der Waals surface area (Å²) in [6.45, 7) is 5.62. The first-order valence-electron chi connectivity index (χ1n) is 8.87. The van der Waals surface area contributed by atoms with E-state index in [-0.39, 0.29) is 6.03 Å². The lowest BCUT2D eigenvalue weighted by Gasteiger charge is -2.32. The second-order valence-electron chi connectivity index (χ2n) is 6.79. The molecule has 1 aromatic rings. The van der Waals surface area contributed by atoms with Crippen molar-refractivity contribution in [3.63, 3.8) is 0 Å². The number of nitrogens with zero attached hydrogens (tertiary/aromatic N) is 2. The van der Waals surface area contributed by atoms with Crippen LogP contribution in [0.15, 0.2) is 6.07 Å². The maximum Gasteiger partial charge on any atom is 0.317 e. The van der Waals surface area contributed by atoms with Gasteiger partial charge in [0, 0.05) is 62.3 Å². The van der Waals surface area contributed by atoms with Crippen molar-refractivity contribution in [1.29, 1.82) is 0 Å². The molecular weight excluding hydrogens is 306 g/mol. The molecule has 1 fully saturated rings. The van der Waals surface area contributed by atoms with Crippen molar-refractivity contribution in [1.82, 2.24) is 15.1 Å². The summed E-state index contributed by atoms with van der Waals surface area (Å²) in [6, 6.07) is 2.18. The molecule has 0 saturated carbocycles. The highest BCUT2D eigenvalue weighted by molar-refractivity contribution is 5.74. The smallest absolute Gasteiger partial charge is 0.317 e. The quantitative estimate of drug-likeness (QED) is 0.900. The predicted molar refractivity (Wildman–Crippen MR) is 91.0 cm³/mol. The Labute approximate surface area is 142 Å². The van der Waals surface area contributed by atoms with Crippen LogP contribution in [0, 0.1) is 0 Å². The van der Waals surface area contributed by atoms with Gasteiger partial charge in [-0.25, -0.2) is 4.79 Å². The average molecular weight is 331 g/mol. The number of ether oxygens (including phenoxy) is 2. The van der Waals surface area contributed by atoms with Gasteiger partial charge in [0.25, 0.3) is 0 Å². The van der Waals surface area contributed by atoms with Crippen LogP contribution in [0.3, 0.4) is 0 Å². The fraction of sp³-hybridized carbons (Fsp3) is 0.611. The molecule has 24 heavy (non-hydrogen) atoms. The highest BCUT2D eigenvalue weighted by Gasteiger charge is 2.26. The molecular formula is C18H25N3O3. The van der Waals surface area contributed by atoms with E-state index in [0.29, 0.717) is 6.54 Å². The number of carbonyl (C=O) groups is 1. The van der Waals surface area contributed by atoms with Gasteiger partial charge in [-0.3, -0.25) is 0 Å². The summed E-state index contributed by atoms with van der Waals surface area (Å²) in [5.41, 5.74) is 3.75. The number of nitrogens with one attached hydrogen (secondary N) is 1. The third-order valence-electron chi connectivity index (χ3n) is 5.20. The molecule has 0 atom stereocenters. The lowest BCUT2D eigenvalue weighted by molar-refractivity contribution is 0.154. The van der Waals surface area contributed by atoms with E-state index in [4.69, 9.17) is 9.47 Å². The number of urea groups is 1. The number of fused-ring (bicyclic) bond motifs is 2. The van der Waals surface area contributed by atoms with Crippen molar-refractivity contribution in [3.05, 3.63) is 22.8 Å². The van der Waals surface area contributed by atoms with Crippen molar-refractivity contribution in [2.45, 2.75) is 19.3 Å². The minimum Gasteiger partial charge on any atom is -0.493 e. The van der Waals surface area contributed by atoms with Crippen LogP contribution in [0.5, 0.6) is 11.5 Å². The summed E-state index contributed by atoms with van der Waals surface area (Å²) in [5, 5.41) is 3.07. The molecule has 1 aromatic carbocycles. The highest BCUT2D eigenvalue weighted by atomic mass is 16.5. The molecule has 3 aliphatic rings. The van der Waals surface area contributed by atoms with E-state index in [2.05, 4.69) is 23.3 Å². The Kier molecular flexibility index (Phi) is 4.22. The van der Waals surface area contributed by atoms with Crippen LogP contribution in [0.1, 0.15) is 16.7 Å². The third-order valence-corrected chi connectivity index (χ3v) is 5.20. The Morgan fingerprint density at radius 3 is 2.79 bits per heavy atom. The van der Waals surface area contributed by atoms with Crippen molar-refractivity contribution in [3.8, 4) is 11.5 Å². The topological polar surface area (TPSA) is 54.0 Å². The van der Waals surface area contributed by atoms with Crippen LogP contribution in [0.2, 0.25) is 0 Å². The molecule has 6 nitrogen and oxygen atoms in total. The van der Waals surface area contributed by atoms with Gasteiger partial charge in [0.15, 0.2) is 0 Å². The fourth-order valence-corrected chi connectivity index (χ4v) is 3.77. The first-order valence-corrected chi connectivity index (χ1v) is 8.87. The van der Waals surface area contributed by atoms with Crippen molar-refractivity contribution in [2.24, 2.45) is 0 Å². The summed E-state index contributed by atoms with van der Waals surface area (Å²) in [4.78, 5) is 16.5. The highest BCUT2D eigenvalue weighted by Crippen LogP contribution is 2.40. The number of likely N-dealkylation sites (N-methyl/N-ethyl adjacent to an activating group) is 1. The Hall–Kier alpha value is -1.95. The SMILES string of the molecule is CN1CCN(C(=O)NCCc2c3c(cc4c2OCC4)OCC3)CC1. The molecule has 6 heteroatoms. The standard InChI is InChI=1S/C18H25N3O3/c1-20-6-8-21(9-7-20)18(22)19-5-2-15-14-4-11-23-16(14)12-13-3-10-24-17(13)15/h12H,2-11H2,1H3,(H,19,22). The van der Waals surface area contributed by atoms with Crippen LogP contribution in [-0.2, 0) is 19.3 Å². The zero-order valence-corrected chi connectivity index (χ0v) is 14.3. The number of hydrogen-bond acceptors (Lipinski definition) is 4. The van der Waals surface area contributed by atoms with Crippen molar-refractivity contribution < 1.29 is 14.3 Å². The molecule has 0 spiro atoms. The van der Waals surface area contributed by atoms with E-state index in [1.54, 1.807) is 0 Å². The largest absolute Gasteiger partial charge is 0.493 e. The van der Waals surface area contributed by atoms with Crippen LogP contribution in [0.4, 0.5) is 4.79 Å². The second-order valence-corrected chi connectivity index (χ2v) is 6.79. The third kappa shape index (κ3) is 2.90. The zero-order valence-electron chi connectivity index (χ0n) is 14.3. The van der Waals surface area contributed by atoms with Crippen LogP contribution < -0.4 is 14.8 Å². The number of piperazine rings is 1. The Morgan fingerprint density at radius 1 is 1.17 bits per heavy atom. The second kappa shape index (κ2) is 6.51. The molecule has 130 valence electrons. The maximum atomic E-state index is 12.3. The fourth-order valence-electron chi connectivity index (χ4n) is 3.77. The van der Waals surface area contributed by atoms with E-state index >= 15 is 0 Å². The van der Waals surface area contributed by atoms with Gasteiger partial charge in [-0.05, 0) is 19.5 Å². The number of benzene rings is 1. The maximum absolute atomic E-state index is 12.3. The molecule has 1 N–H and O–H groups in total. The number of amides is 2. The van der Waals surface area contributed by atoms with E-state index < -0.39 is 0 Å². The first-order chi connectivity index (χ1) is 11.7. The summed E-state index contributed by atoms with van der Waals surface area (Å²) in [6.07, 6.45) is 2.69. The van der Waals surface area contributed by atoms with Gasteiger partial charge >= 0.3 is 6.03 Å². The molecule has 0 bridgehead atoms. The average Bonchev–Trinajstić information content (AvgIpc) is 3.23. The van der Waals surface area contributed by atoms with E-state index in [1.807, 2.05) is 4.90 Å². The first kappa shape index (κ1) is 15.6. The molecule has 3 heterocycles. The van der Waals surface area contributed by atoms with E-state index in [1.165, 1.54) is 16.7 Å². The van der Waals surface area contributed by atoms with Crippen LogP contribution >= 0.6 is 0 Å². The minimum atomic E-state index is 0.0458. The monoisotopic (exact) mass is 331 g/mol. The Morgan fingerprint density at radius 2 is 1.96 bits per heavy atom. The van der Waals surface area contributed by atoms with Crippen LogP contribution in [0.25, 0.3) is 0 Å². The lowest BCUT2D eigenvalue weighted by Crippen LogP contribution is -2.50. The Balaban J connectivity index is 1.39. The van der Waals surface area contributed by atoms with Gasteiger partial charge in [0.05, 0.1) is 13.2 Å². The molecule has 0 radical (unpaired) electrons. The molecule has 0 aromatic heterocycles. The van der Waals surface area contributed by atoms with Gasteiger partial charge in [-0.2, -0.15) is 0 Å². The lowest BCUT2D eigenvalue weighted by atomic mass is 9.97. The van der Waals surface area contributed by atoms with Crippen molar-refractivity contribution in [2.75, 3.05) is 53.0 Å². The van der Waals surface area contributed by atoms with Gasteiger partial charge in [-0.15, -0.1) is 0 Å². The molecule has 0 aliphatic carbocycles. The Bertz CT molecular complexity index is 607. The molecule has 4 rings (SSSR count). The molecule has 0 unspecified atom stereocenters. The normalized spacial score (nSPS) is 19.5. The number of carbonyl (C=O) groups excluding carboxylic acids is 1. The summed E-state index contributed by atoms with van der Waals surface area (Å²) >= 11 is 0. The van der Waals surface area contributed by atoms with Crippen LogP contribution in [-0.4, -0.2) is 68.8 Å². The van der Waals surface area contributed by atoms with Gasteiger partial charge in [0.1, 0.15) is 11.5 Å². The summed E-state index contributed by atoms with van der Waals surface area (Å²) < 4.78 is 11.6. The van der Waals surface area contributed by atoms with Gasteiger partial charge < -0.3 is 24.6 Å². The summed E-state index contributed by atoms with van der Waals surface area (Å²) in [5.74, 6) is 2.05. The number of rotatable bonds is 3. The molecule has 2 amide bonds. The van der Waals surface area contributed by atoms with E-state index in [0.717, 1.165) is 70.2 Å². The molecule has 3 aliphatic heterocycles. The summed E-state index contributed by atoms with van der Waals surface area (Å²) in [7, 11) is 2.09. The number of hydrogen-bond donors (Lipinski definition) is 1. The van der Waals surface area contributed by atoms with E-state index in [9.17, 15) is 4.79 Å². The zero-order chi connectivity index (χ0) is 16.5. The van der Waals surface area contributed by atoms with Gasteiger partial charge in [-0.1, -0.05) is 0 Å². The predicted octanol–water partition coefficient (Wildman–Crippen LogP) is 1.06.